The summed E-state index contributed by atoms with van der Waals surface area (Å²) in [6, 6.07) is -2.09. The highest BCUT2D eigenvalue weighted by atomic mass is 16.7. The highest BCUT2D eigenvalue weighted by Gasteiger charge is 2.33. The third kappa shape index (κ3) is 18.9. The van der Waals surface area contributed by atoms with Gasteiger partial charge in [0.15, 0.2) is 0 Å². The highest BCUT2D eigenvalue weighted by molar-refractivity contribution is 6.01. The van der Waals surface area contributed by atoms with Crippen LogP contribution in [0.25, 0.3) is 0 Å². The first-order chi connectivity index (χ1) is 25.4. The average molecular weight is 773 g/mol. The lowest BCUT2D eigenvalue weighted by atomic mass is 10.2. The molecule has 0 bridgehead atoms. The Balaban J connectivity index is 3.16. The van der Waals surface area contributed by atoms with Crippen LogP contribution in [0.2, 0.25) is 0 Å². The summed E-state index contributed by atoms with van der Waals surface area (Å²) in [6.07, 6.45) is -5.82. The summed E-state index contributed by atoms with van der Waals surface area (Å²) >= 11 is 0. The van der Waals surface area contributed by atoms with Crippen LogP contribution in [-0.2, 0) is 52.6 Å². The molecular weight excluding hydrogens is 720 g/mol. The summed E-state index contributed by atoms with van der Waals surface area (Å²) in [4.78, 5) is 81.2. The topological polar surface area (TPSA) is 341 Å². The number of carbonyl (C=O) groups excluding carboxylic acids is 6. The molecule has 0 aromatic heterocycles. The van der Waals surface area contributed by atoms with Crippen molar-refractivity contribution in [1.29, 1.82) is 0 Å². The van der Waals surface area contributed by atoms with Crippen LogP contribution in [0.1, 0.15) is 25.7 Å². The van der Waals surface area contributed by atoms with Gasteiger partial charge < -0.3 is 80.2 Å². The van der Waals surface area contributed by atoms with Crippen LogP contribution in [0.15, 0.2) is 0 Å². The molecule has 23 heteroatoms. The number of imide groups is 1. The van der Waals surface area contributed by atoms with Gasteiger partial charge in [-0.15, -0.1) is 5.06 Å². The smallest absolute Gasteiger partial charge is 0.333 e. The fourth-order valence-electron chi connectivity index (χ4n) is 4.22. The zero-order valence-corrected chi connectivity index (χ0v) is 29.2. The molecule has 1 rings (SSSR count). The number of rotatable bonds is 30. The van der Waals surface area contributed by atoms with Gasteiger partial charge in [0.05, 0.1) is 97.8 Å². The Morgan fingerprint density at radius 2 is 0.887 bits per heavy atom. The van der Waals surface area contributed by atoms with Crippen LogP contribution in [0.4, 0.5) is 0 Å². The number of ether oxygens (including phenoxy) is 4. The lowest BCUT2D eigenvalue weighted by Gasteiger charge is -2.27. The van der Waals surface area contributed by atoms with Gasteiger partial charge in [-0.25, -0.2) is 4.79 Å². The molecule has 5 amide bonds. The van der Waals surface area contributed by atoms with Crippen molar-refractivity contribution >= 4 is 35.5 Å². The molecule has 10 N–H and O–H groups in total. The largest absolute Gasteiger partial charge is 0.394 e. The second-order valence-corrected chi connectivity index (χ2v) is 11.6. The fourth-order valence-corrected chi connectivity index (χ4v) is 4.22. The van der Waals surface area contributed by atoms with Gasteiger partial charge in [0.2, 0.25) is 17.7 Å². The van der Waals surface area contributed by atoms with Crippen molar-refractivity contribution in [3.05, 3.63) is 0 Å². The van der Waals surface area contributed by atoms with Crippen LogP contribution in [-0.4, -0.2) is 215 Å². The highest BCUT2D eigenvalue weighted by Crippen LogP contribution is 2.13. The number of aliphatic hydroxyl groups excluding tert-OH is 8. The average Bonchev–Trinajstić information content (AvgIpc) is 3.46. The van der Waals surface area contributed by atoms with Gasteiger partial charge >= 0.3 is 5.97 Å². The second-order valence-electron chi connectivity index (χ2n) is 11.6. The number of hydroxylamine groups is 2. The number of carbonyl (C=O) groups is 6. The molecule has 1 saturated heterocycles. The minimum atomic E-state index is -1.13. The van der Waals surface area contributed by atoms with E-state index in [0.29, 0.717) is 0 Å². The van der Waals surface area contributed by atoms with E-state index in [1.807, 2.05) is 0 Å². The number of hydrogen-bond acceptors (Lipinski definition) is 19. The summed E-state index contributed by atoms with van der Waals surface area (Å²) in [7, 11) is 0. The van der Waals surface area contributed by atoms with E-state index in [-0.39, 0.29) is 44.3 Å². The molecule has 0 aromatic rings. The first kappa shape index (κ1) is 47.6. The van der Waals surface area contributed by atoms with E-state index in [9.17, 15) is 69.6 Å². The van der Waals surface area contributed by atoms with Crippen molar-refractivity contribution < 1.29 is 93.4 Å². The predicted molar refractivity (Wildman–Crippen MR) is 173 cm³/mol. The zero-order valence-electron chi connectivity index (χ0n) is 29.2. The Morgan fingerprint density at radius 1 is 0.566 bits per heavy atom. The molecule has 0 aromatic carbocycles. The summed E-state index contributed by atoms with van der Waals surface area (Å²) in [6.45, 7) is -7.69. The van der Waals surface area contributed by atoms with Gasteiger partial charge in [0, 0.05) is 19.3 Å². The number of nitrogens with zero attached hydrogens (tertiary/aromatic N) is 2. The molecule has 1 aliphatic rings. The summed E-state index contributed by atoms with van der Waals surface area (Å²) in [5.74, 6) is -5.39. The van der Waals surface area contributed by atoms with E-state index in [2.05, 4.69) is 10.6 Å². The molecule has 0 spiro atoms. The predicted octanol–water partition coefficient (Wildman–Crippen LogP) is -7.35. The third-order valence-corrected chi connectivity index (χ3v) is 7.26. The summed E-state index contributed by atoms with van der Waals surface area (Å²) < 4.78 is 21.4. The summed E-state index contributed by atoms with van der Waals surface area (Å²) in [5.41, 5.74) is 0. The molecule has 53 heavy (non-hydrogen) atoms. The van der Waals surface area contributed by atoms with Crippen LogP contribution in [0, 0.1) is 0 Å². The van der Waals surface area contributed by atoms with E-state index >= 15 is 0 Å². The molecule has 306 valence electrons. The molecule has 0 atom stereocenters. The van der Waals surface area contributed by atoms with Crippen LogP contribution in [0.5, 0.6) is 0 Å². The Bertz CT molecular complexity index is 1020. The third-order valence-electron chi connectivity index (χ3n) is 7.26. The molecule has 1 fully saturated rings. The van der Waals surface area contributed by atoms with Gasteiger partial charge in [-0.3, -0.25) is 24.0 Å². The van der Waals surface area contributed by atoms with Crippen molar-refractivity contribution in [2.75, 3.05) is 92.4 Å². The fraction of sp³-hybridized carbons (Fsp3) is 0.800. The Morgan fingerprint density at radius 3 is 1.19 bits per heavy atom. The van der Waals surface area contributed by atoms with E-state index in [0.717, 1.165) is 4.90 Å². The molecule has 0 radical (unpaired) electrons. The maximum Gasteiger partial charge on any atom is 0.333 e. The minimum Gasteiger partial charge on any atom is -0.394 e. The van der Waals surface area contributed by atoms with Crippen molar-refractivity contribution in [2.24, 2.45) is 0 Å². The van der Waals surface area contributed by atoms with Gasteiger partial charge in [0.1, 0.15) is 37.5 Å². The standard InChI is InChI=1S/C30H52N4O19/c35-7-21(8-36)49-15-19(16-50-22(9-37)10-38)31-25(43)5-33(27(45)3-4-30(48)53-34-28(46)1-2-29(34)47)6-26(44)32-20(17-51-23(11-39)12-40)18-52-24(13-41)14-42/h19-24,35-42H,1-18H2,(H,31,43)(H,32,44). The maximum atomic E-state index is 13.3. The lowest BCUT2D eigenvalue weighted by Crippen LogP contribution is -2.52. The first-order valence-electron chi connectivity index (χ1n) is 16.6. The maximum absolute atomic E-state index is 13.3. The van der Waals surface area contributed by atoms with Crippen molar-refractivity contribution in [3.63, 3.8) is 0 Å². The van der Waals surface area contributed by atoms with E-state index in [1.54, 1.807) is 0 Å². The van der Waals surface area contributed by atoms with Crippen LogP contribution < -0.4 is 10.6 Å². The molecule has 1 heterocycles. The lowest BCUT2D eigenvalue weighted by molar-refractivity contribution is -0.197. The summed E-state index contributed by atoms with van der Waals surface area (Å²) in [5, 5.41) is 79.9. The van der Waals surface area contributed by atoms with E-state index in [4.69, 9.17) is 23.8 Å². The SMILES string of the molecule is O=C(CN(CC(=O)NC(COC(CO)CO)COC(CO)CO)C(=O)CCC(=O)ON1C(=O)CCC1=O)NC(COC(CO)CO)COC(CO)CO. The normalized spacial score (nSPS) is 13.4. The van der Waals surface area contributed by atoms with E-state index in [1.165, 1.54) is 0 Å². The molecule has 0 saturated carbocycles. The monoisotopic (exact) mass is 772 g/mol. The molecular formula is C30H52N4O19. The Kier molecular flexibility index (Phi) is 24.4. The van der Waals surface area contributed by atoms with Gasteiger partial charge in [-0.1, -0.05) is 0 Å². The van der Waals surface area contributed by atoms with Crippen molar-refractivity contribution in [1.82, 2.24) is 20.6 Å². The number of hydrogen-bond donors (Lipinski definition) is 10. The quantitative estimate of drug-likeness (QED) is 0.0303. The first-order valence-corrected chi connectivity index (χ1v) is 16.6. The van der Waals surface area contributed by atoms with Crippen molar-refractivity contribution in [2.45, 2.75) is 62.2 Å². The van der Waals surface area contributed by atoms with Crippen molar-refractivity contribution in [3.8, 4) is 0 Å². The van der Waals surface area contributed by atoms with Crippen LogP contribution in [0.3, 0.4) is 0 Å². The van der Waals surface area contributed by atoms with E-state index < -0.39 is 151 Å². The van der Waals surface area contributed by atoms with Gasteiger partial charge in [-0.2, -0.15) is 0 Å². The molecule has 0 aliphatic carbocycles. The number of aliphatic hydroxyl groups is 8. The molecule has 0 unspecified atom stereocenters. The van der Waals surface area contributed by atoms with Gasteiger partial charge in [-0.05, 0) is 0 Å². The zero-order chi connectivity index (χ0) is 39.8. The Hall–Kier alpha value is -3.46. The van der Waals surface area contributed by atoms with Crippen LogP contribution >= 0.6 is 0 Å². The minimum absolute atomic E-state index is 0.167. The second kappa shape index (κ2) is 27.2. The number of amides is 5. The number of nitrogens with one attached hydrogen (secondary N) is 2. The Labute approximate surface area is 304 Å². The van der Waals surface area contributed by atoms with Gasteiger partial charge in [0.25, 0.3) is 11.8 Å². The molecule has 23 nitrogen and oxygen atoms in total. The molecule has 1 aliphatic heterocycles.